The Morgan fingerprint density at radius 1 is 1.53 bits per heavy atom. The lowest BCUT2D eigenvalue weighted by atomic mass is 10.2. The van der Waals surface area contributed by atoms with Gasteiger partial charge in [-0.15, -0.1) is 0 Å². The van der Waals surface area contributed by atoms with Gasteiger partial charge in [-0.25, -0.2) is 9.97 Å². The number of hydrogen-bond donors (Lipinski definition) is 1. The van der Waals surface area contributed by atoms with E-state index in [1.54, 1.807) is 6.20 Å². The van der Waals surface area contributed by atoms with Crippen LogP contribution in [-0.4, -0.2) is 40.0 Å². The van der Waals surface area contributed by atoms with Crippen molar-refractivity contribution in [3.05, 3.63) is 18.0 Å². The fourth-order valence-electron chi connectivity index (χ4n) is 2.50. The Balaban J connectivity index is 1.89. The van der Waals surface area contributed by atoms with Crippen molar-refractivity contribution < 1.29 is 0 Å². The molecule has 0 aliphatic carbocycles. The molecule has 1 atom stereocenters. The number of nitrogens with one attached hydrogen (secondary N) is 1. The molecule has 0 aromatic carbocycles. The molecular formula is C13H22N4. The monoisotopic (exact) mass is 234 g/mol. The third kappa shape index (κ3) is 3.16. The van der Waals surface area contributed by atoms with Crippen LogP contribution in [-0.2, 0) is 0 Å². The Morgan fingerprint density at radius 2 is 2.35 bits per heavy atom. The maximum atomic E-state index is 4.36. The zero-order valence-electron chi connectivity index (χ0n) is 11.0. The van der Waals surface area contributed by atoms with Gasteiger partial charge in [0.15, 0.2) is 0 Å². The van der Waals surface area contributed by atoms with Crippen molar-refractivity contribution in [2.45, 2.75) is 45.7 Å². The minimum atomic E-state index is 0.624. The number of aryl methyl sites for hydroxylation is 1. The highest BCUT2D eigenvalue weighted by Crippen LogP contribution is 2.19. The Bertz CT molecular complexity index is 364. The molecule has 1 saturated heterocycles. The first kappa shape index (κ1) is 12.3. The molecule has 2 heterocycles. The molecule has 0 amide bonds. The minimum absolute atomic E-state index is 0.624. The number of nitrogens with zero attached hydrogens (tertiary/aromatic N) is 3. The second-order valence-electron chi connectivity index (χ2n) is 5.03. The summed E-state index contributed by atoms with van der Waals surface area (Å²) in [5.74, 6) is 0.751. The van der Waals surface area contributed by atoms with Gasteiger partial charge in [-0.05, 0) is 46.2 Å². The van der Waals surface area contributed by atoms with Crippen molar-refractivity contribution in [1.82, 2.24) is 14.9 Å². The van der Waals surface area contributed by atoms with Gasteiger partial charge in [0, 0.05) is 30.5 Å². The van der Waals surface area contributed by atoms with Crippen LogP contribution in [0, 0.1) is 6.92 Å². The molecule has 94 valence electrons. The van der Waals surface area contributed by atoms with Gasteiger partial charge in [0.05, 0.1) is 0 Å². The largest absolute Gasteiger partial charge is 0.353 e. The summed E-state index contributed by atoms with van der Waals surface area (Å²) in [6.07, 6.45) is 4.38. The highest BCUT2D eigenvalue weighted by atomic mass is 15.2. The van der Waals surface area contributed by atoms with E-state index in [0.717, 1.165) is 18.2 Å². The van der Waals surface area contributed by atoms with Crippen LogP contribution in [0.2, 0.25) is 0 Å². The van der Waals surface area contributed by atoms with E-state index in [-0.39, 0.29) is 0 Å². The minimum Gasteiger partial charge on any atom is -0.353 e. The molecule has 0 bridgehead atoms. The summed E-state index contributed by atoms with van der Waals surface area (Å²) in [5, 5.41) is 3.35. The van der Waals surface area contributed by atoms with Gasteiger partial charge >= 0.3 is 0 Å². The summed E-state index contributed by atoms with van der Waals surface area (Å²) in [6, 6.07) is 3.17. The molecule has 0 radical (unpaired) electrons. The van der Waals surface area contributed by atoms with Gasteiger partial charge in [0.1, 0.15) is 0 Å². The summed E-state index contributed by atoms with van der Waals surface area (Å²) >= 11 is 0. The number of likely N-dealkylation sites (tertiary alicyclic amines) is 1. The molecule has 4 nitrogen and oxygen atoms in total. The molecule has 0 saturated carbocycles. The van der Waals surface area contributed by atoms with Gasteiger partial charge in [-0.2, -0.15) is 0 Å². The number of hydrogen-bond acceptors (Lipinski definition) is 4. The van der Waals surface area contributed by atoms with E-state index in [1.165, 1.54) is 19.4 Å². The number of aromatic nitrogens is 2. The highest BCUT2D eigenvalue weighted by molar-refractivity contribution is 5.25. The van der Waals surface area contributed by atoms with E-state index in [9.17, 15) is 0 Å². The summed E-state index contributed by atoms with van der Waals surface area (Å²) in [7, 11) is 0. The Hall–Kier alpha value is -1.16. The average Bonchev–Trinajstić information content (AvgIpc) is 2.74. The molecule has 2 rings (SSSR count). The zero-order chi connectivity index (χ0) is 12.3. The summed E-state index contributed by atoms with van der Waals surface area (Å²) in [4.78, 5) is 11.2. The van der Waals surface area contributed by atoms with Crippen LogP contribution in [0.1, 0.15) is 32.4 Å². The fraction of sp³-hybridized carbons (Fsp3) is 0.692. The third-order valence-corrected chi connectivity index (χ3v) is 3.38. The van der Waals surface area contributed by atoms with Gasteiger partial charge in [0.25, 0.3) is 0 Å². The maximum absolute atomic E-state index is 4.36. The topological polar surface area (TPSA) is 41.1 Å². The lowest BCUT2D eigenvalue weighted by Gasteiger charge is -2.28. The molecule has 17 heavy (non-hydrogen) atoms. The van der Waals surface area contributed by atoms with Crippen LogP contribution >= 0.6 is 0 Å². The molecule has 0 spiro atoms. The van der Waals surface area contributed by atoms with Gasteiger partial charge in [-0.3, -0.25) is 4.90 Å². The van der Waals surface area contributed by atoms with E-state index < -0.39 is 0 Å². The van der Waals surface area contributed by atoms with Crippen LogP contribution in [0.3, 0.4) is 0 Å². The summed E-state index contributed by atoms with van der Waals surface area (Å²) in [6.45, 7) is 8.69. The van der Waals surface area contributed by atoms with Crippen molar-refractivity contribution in [3.8, 4) is 0 Å². The lowest BCUT2D eigenvalue weighted by molar-refractivity contribution is 0.211. The summed E-state index contributed by atoms with van der Waals surface area (Å²) < 4.78 is 0. The van der Waals surface area contributed by atoms with Crippen LogP contribution in [0.5, 0.6) is 0 Å². The average molecular weight is 234 g/mol. The predicted octanol–water partition coefficient (Wildman–Crippen LogP) is 2.07. The quantitative estimate of drug-likeness (QED) is 0.866. The molecule has 1 aromatic rings. The van der Waals surface area contributed by atoms with Crippen molar-refractivity contribution in [1.29, 1.82) is 0 Å². The van der Waals surface area contributed by atoms with Gasteiger partial charge < -0.3 is 5.32 Å². The van der Waals surface area contributed by atoms with Crippen LogP contribution in [0.25, 0.3) is 0 Å². The van der Waals surface area contributed by atoms with E-state index >= 15 is 0 Å². The standard InChI is InChI=1S/C13H22N4/c1-10(2)17-8-4-5-12(17)9-15-13-14-7-6-11(3)16-13/h6-7,10,12H,4-5,8-9H2,1-3H3,(H,14,15,16). The molecule has 1 aliphatic heterocycles. The zero-order valence-corrected chi connectivity index (χ0v) is 11.0. The first-order chi connectivity index (χ1) is 8.16. The van der Waals surface area contributed by atoms with Gasteiger partial charge in [0.2, 0.25) is 5.95 Å². The second-order valence-corrected chi connectivity index (χ2v) is 5.03. The van der Waals surface area contributed by atoms with Crippen LogP contribution in [0.4, 0.5) is 5.95 Å². The lowest BCUT2D eigenvalue weighted by Crippen LogP contribution is -2.39. The van der Waals surface area contributed by atoms with Crippen molar-refractivity contribution in [3.63, 3.8) is 0 Å². The van der Waals surface area contributed by atoms with Crippen LogP contribution < -0.4 is 5.32 Å². The molecule has 4 heteroatoms. The molecule has 1 aliphatic rings. The SMILES string of the molecule is Cc1ccnc(NCC2CCCN2C(C)C)n1. The van der Waals surface area contributed by atoms with Crippen LogP contribution in [0.15, 0.2) is 12.3 Å². The van der Waals surface area contributed by atoms with E-state index in [4.69, 9.17) is 0 Å². The molecular weight excluding hydrogens is 212 g/mol. The normalized spacial score (nSPS) is 21.1. The molecule has 1 fully saturated rings. The maximum Gasteiger partial charge on any atom is 0.222 e. The number of rotatable bonds is 4. The Morgan fingerprint density at radius 3 is 3.06 bits per heavy atom. The molecule has 1 N–H and O–H groups in total. The van der Waals surface area contributed by atoms with E-state index in [1.807, 2.05) is 13.0 Å². The second kappa shape index (κ2) is 5.45. The first-order valence-electron chi connectivity index (χ1n) is 6.46. The van der Waals surface area contributed by atoms with Crippen molar-refractivity contribution in [2.24, 2.45) is 0 Å². The first-order valence-corrected chi connectivity index (χ1v) is 6.46. The smallest absolute Gasteiger partial charge is 0.222 e. The van der Waals surface area contributed by atoms with Gasteiger partial charge in [-0.1, -0.05) is 0 Å². The number of anilines is 1. The third-order valence-electron chi connectivity index (χ3n) is 3.38. The van der Waals surface area contributed by atoms with Crippen molar-refractivity contribution >= 4 is 5.95 Å². The fourth-order valence-corrected chi connectivity index (χ4v) is 2.50. The van der Waals surface area contributed by atoms with E-state index in [2.05, 4.69) is 34.0 Å². The highest BCUT2D eigenvalue weighted by Gasteiger charge is 2.26. The predicted molar refractivity (Wildman–Crippen MR) is 70.1 cm³/mol. The Kier molecular flexibility index (Phi) is 3.94. The molecule has 1 unspecified atom stereocenters. The summed E-state index contributed by atoms with van der Waals surface area (Å²) in [5.41, 5.74) is 1.01. The molecule has 1 aromatic heterocycles. The van der Waals surface area contributed by atoms with E-state index in [0.29, 0.717) is 12.1 Å². The Labute approximate surface area is 103 Å². The van der Waals surface area contributed by atoms with Crippen molar-refractivity contribution in [2.75, 3.05) is 18.4 Å².